The number of amides is 2. The lowest BCUT2D eigenvalue weighted by molar-refractivity contribution is -0.135. The van der Waals surface area contributed by atoms with Gasteiger partial charge >= 0.3 is 0 Å². The second kappa shape index (κ2) is 7.42. The van der Waals surface area contributed by atoms with Crippen molar-refractivity contribution < 1.29 is 9.59 Å². The van der Waals surface area contributed by atoms with Crippen LogP contribution >= 0.6 is 0 Å². The first-order valence-corrected chi connectivity index (χ1v) is 10.2. The summed E-state index contributed by atoms with van der Waals surface area (Å²) in [4.78, 5) is 29.2. The number of nitrogens with zero attached hydrogens (tertiary/aromatic N) is 2. The van der Waals surface area contributed by atoms with Gasteiger partial charge in [-0.25, -0.2) is 0 Å². The predicted molar refractivity (Wildman–Crippen MR) is 102 cm³/mol. The molecule has 2 aliphatic heterocycles. The Bertz CT molecular complexity index is 653. The molecule has 0 aromatic heterocycles. The zero-order valence-electron chi connectivity index (χ0n) is 15.8. The van der Waals surface area contributed by atoms with Crippen molar-refractivity contribution in [1.29, 1.82) is 0 Å². The smallest absolute Gasteiger partial charge is 0.223 e. The lowest BCUT2D eigenvalue weighted by Crippen LogP contribution is -2.49. The van der Waals surface area contributed by atoms with Crippen LogP contribution in [0, 0.1) is 11.8 Å². The standard InChI is InChI=1S/C22H30N2O2/c1-16(25)23-12-11-21-20(14-23)19(18-9-3-2-4-10-18)15-24(21)22(26)13-17-7-5-6-8-17/h2-4,9-10,17,19-21H,5-8,11-15H2,1H3/t19-,20-,21-/m1/s1. The monoisotopic (exact) mass is 354 g/mol. The number of piperidine rings is 1. The topological polar surface area (TPSA) is 40.6 Å². The molecule has 0 bridgehead atoms. The number of benzene rings is 1. The first-order valence-electron chi connectivity index (χ1n) is 10.2. The summed E-state index contributed by atoms with van der Waals surface area (Å²) < 4.78 is 0. The minimum Gasteiger partial charge on any atom is -0.342 e. The summed E-state index contributed by atoms with van der Waals surface area (Å²) in [5.41, 5.74) is 1.31. The Morgan fingerprint density at radius 2 is 1.77 bits per heavy atom. The van der Waals surface area contributed by atoms with Gasteiger partial charge in [0.25, 0.3) is 0 Å². The summed E-state index contributed by atoms with van der Waals surface area (Å²) in [5, 5.41) is 0. The number of likely N-dealkylation sites (tertiary alicyclic amines) is 2. The Morgan fingerprint density at radius 3 is 2.46 bits per heavy atom. The van der Waals surface area contributed by atoms with Crippen LogP contribution in [0.3, 0.4) is 0 Å². The van der Waals surface area contributed by atoms with Gasteiger partial charge in [-0.05, 0) is 30.7 Å². The van der Waals surface area contributed by atoms with Crippen molar-refractivity contribution in [2.45, 2.75) is 57.4 Å². The van der Waals surface area contributed by atoms with Crippen molar-refractivity contribution in [2.75, 3.05) is 19.6 Å². The zero-order valence-corrected chi connectivity index (χ0v) is 15.8. The fourth-order valence-corrected chi connectivity index (χ4v) is 5.44. The number of fused-ring (bicyclic) bond motifs is 1. The number of hydrogen-bond acceptors (Lipinski definition) is 2. The Kier molecular flexibility index (Phi) is 5.01. The molecule has 1 aromatic carbocycles. The van der Waals surface area contributed by atoms with Crippen LogP contribution in [-0.2, 0) is 9.59 Å². The van der Waals surface area contributed by atoms with E-state index in [1.165, 1.54) is 31.2 Å². The zero-order chi connectivity index (χ0) is 18.1. The number of rotatable bonds is 3. The van der Waals surface area contributed by atoms with Gasteiger partial charge in [-0.2, -0.15) is 0 Å². The largest absolute Gasteiger partial charge is 0.342 e. The molecule has 0 unspecified atom stereocenters. The van der Waals surface area contributed by atoms with Crippen LogP contribution in [0.1, 0.15) is 56.9 Å². The van der Waals surface area contributed by atoms with Crippen molar-refractivity contribution in [3.63, 3.8) is 0 Å². The molecule has 0 radical (unpaired) electrons. The van der Waals surface area contributed by atoms with Crippen LogP contribution in [0.15, 0.2) is 30.3 Å². The summed E-state index contributed by atoms with van der Waals surface area (Å²) in [6.07, 6.45) is 6.64. The molecule has 2 amide bonds. The first-order chi connectivity index (χ1) is 12.6. The van der Waals surface area contributed by atoms with Crippen LogP contribution in [0.25, 0.3) is 0 Å². The van der Waals surface area contributed by atoms with E-state index < -0.39 is 0 Å². The highest BCUT2D eigenvalue weighted by Crippen LogP contribution is 2.42. The molecule has 0 N–H and O–H groups in total. The highest BCUT2D eigenvalue weighted by atomic mass is 16.2. The summed E-state index contributed by atoms with van der Waals surface area (Å²) >= 11 is 0. The maximum atomic E-state index is 13.1. The van der Waals surface area contributed by atoms with Crippen molar-refractivity contribution in [2.24, 2.45) is 11.8 Å². The van der Waals surface area contributed by atoms with Gasteiger partial charge in [0.05, 0.1) is 0 Å². The van der Waals surface area contributed by atoms with Crippen LogP contribution in [0.2, 0.25) is 0 Å². The van der Waals surface area contributed by atoms with Gasteiger partial charge in [-0.3, -0.25) is 9.59 Å². The third-order valence-electron chi connectivity index (χ3n) is 6.86. The molecule has 3 atom stereocenters. The Balaban J connectivity index is 1.55. The lowest BCUT2D eigenvalue weighted by Gasteiger charge is -2.38. The van der Waals surface area contributed by atoms with E-state index in [0.29, 0.717) is 29.7 Å². The van der Waals surface area contributed by atoms with E-state index in [2.05, 4.69) is 29.2 Å². The first kappa shape index (κ1) is 17.6. The molecule has 3 aliphatic rings. The molecular formula is C22H30N2O2. The number of hydrogen-bond donors (Lipinski definition) is 0. The normalized spacial score (nSPS) is 29.0. The van der Waals surface area contributed by atoms with Gasteiger partial charge in [0.15, 0.2) is 0 Å². The molecule has 0 spiro atoms. The van der Waals surface area contributed by atoms with Crippen molar-refractivity contribution in [1.82, 2.24) is 9.80 Å². The molecule has 26 heavy (non-hydrogen) atoms. The summed E-state index contributed by atoms with van der Waals surface area (Å²) in [5.74, 6) is 1.81. The molecule has 1 saturated carbocycles. The van der Waals surface area contributed by atoms with E-state index in [4.69, 9.17) is 0 Å². The van der Waals surface area contributed by atoms with Gasteiger partial charge in [-0.15, -0.1) is 0 Å². The molecule has 4 rings (SSSR count). The quantitative estimate of drug-likeness (QED) is 0.834. The molecule has 3 fully saturated rings. The summed E-state index contributed by atoms with van der Waals surface area (Å²) in [6.45, 7) is 4.05. The third kappa shape index (κ3) is 3.38. The van der Waals surface area contributed by atoms with Gasteiger partial charge in [0.2, 0.25) is 11.8 Å². The molecule has 140 valence electrons. The molecule has 4 nitrogen and oxygen atoms in total. The summed E-state index contributed by atoms with van der Waals surface area (Å²) in [7, 11) is 0. The number of carbonyl (C=O) groups excluding carboxylic acids is 2. The highest BCUT2D eigenvalue weighted by Gasteiger charge is 2.47. The van der Waals surface area contributed by atoms with Gasteiger partial charge < -0.3 is 9.80 Å². The molecule has 1 aliphatic carbocycles. The number of carbonyl (C=O) groups is 2. The average molecular weight is 354 g/mol. The minimum absolute atomic E-state index is 0.158. The maximum Gasteiger partial charge on any atom is 0.223 e. The van der Waals surface area contributed by atoms with Gasteiger partial charge in [0, 0.05) is 50.9 Å². The SMILES string of the molecule is CC(=O)N1CC[C@@H]2[C@H](C1)[C@@H](c1ccccc1)CN2C(=O)CC1CCCC1. The summed E-state index contributed by atoms with van der Waals surface area (Å²) in [6, 6.07) is 10.9. The lowest BCUT2D eigenvalue weighted by atomic mass is 9.82. The van der Waals surface area contributed by atoms with E-state index in [1.54, 1.807) is 6.92 Å². The third-order valence-corrected chi connectivity index (χ3v) is 6.86. The predicted octanol–water partition coefficient (Wildman–Crippen LogP) is 3.43. The molecule has 2 saturated heterocycles. The molecular weight excluding hydrogens is 324 g/mol. The van der Waals surface area contributed by atoms with E-state index >= 15 is 0 Å². The van der Waals surface area contributed by atoms with Crippen LogP contribution < -0.4 is 0 Å². The molecule has 4 heteroatoms. The van der Waals surface area contributed by atoms with E-state index in [-0.39, 0.29) is 5.91 Å². The van der Waals surface area contributed by atoms with E-state index in [0.717, 1.165) is 32.5 Å². The van der Waals surface area contributed by atoms with Gasteiger partial charge in [-0.1, -0.05) is 43.2 Å². The maximum absolute atomic E-state index is 13.1. The van der Waals surface area contributed by atoms with Crippen molar-refractivity contribution >= 4 is 11.8 Å². The average Bonchev–Trinajstić information content (AvgIpc) is 3.29. The Hall–Kier alpha value is -1.84. The van der Waals surface area contributed by atoms with Gasteiger partial charge in [0.1, 0.15) is 0 Å². The molecule has 2 heterocycles. The molecule has 1 aromatic rings. The van der Waals surface area contributed by atoms with Crippen molar-refractivity contribution in [3.05, 3.63) is 35.9 Å². The Labute approximate surface area is 156 Å². The fourth-order valence-electron chi connectivity index (χ4n) is 5.44. The van der Waals surface area contributed by atoms with Crippen molar-refractivity contribution in [3.8, 4) is 0 Å². The Morgan fingerprint density at radius 1 is 1.04 bits per heavy atom. The minimum atomic E-state index is 0.158. The van der Waals surface area contributed by atoms with Crippen LogP contribution in [0.4, 0.5) is 0 Å². The van der Waals surface area contributed by atoms with E-state index in [9.17, 15) is 9.59 Å². The van der Waals surface area contributed by atoms with E-state index in [1.807, 2.05) is 11.0 Å². The van der Waals surface area contributed by atoms with Crippen LogP contribution in [-0.4, -0.2) is 47.3 Å². The second-order valence-corrected chi connectivity index (χ2v) is 8.40. The highest BCUT2D eigenvalue weighted by molar-refractivity contribution is 5.78. The van der Waals surface area contributed by atoms with Crippen LogP contribution in [0.5, 0.6) is 0 Å². The fraction of sp³-hybridized carbons (Fsp3) is 0.636. The second-order valence-electron chi connectivity index (χ2n) is 8.40.